The molecule has 1 aromatic carbocycles. The molecule has 2 fully saturated rings. The summed E-state index contributed by atoms with van der Waals surface area (Å²) in [6, 6.07) is 7.65. The van der Waals surface area contributed by atoms with Gasteiger partial charge in [-0.3, -0.25) is 9.88 Å². The Labute approximate surface area is 253 Å². The highest BCUT2D eigenvalue weighted by molar-refractivity contribution is 5.79. The summed E-state index contributed by atoms with van der Waals surface area (Å²) < 4.78 is 59.9. The molecule has 0 amide bonds. The van der Waals surface area contributed by atoms with Crippen LogP contribution in [0.15, 0.2) is 30.3 Å². The number of esters is 1. The molecule has 2 unspecified atom stereocenters. The molecule has 9 heteroatoms. The van der Waals surface area contributed by atoms with Gasteiger partial charge in [0, 0.05) is 37.5 Å². The molecule has 0 N–H and O–H groups in total. The Morgan fingerprint density at radius 1 is 1.14 bits per heavy atom. The van der Waals surface area contributed by atoms with Crippen LogP contribution >= 0.6 is 0 Å². The monoisotopic (exact) mass is 602 g/mol. The topological polar surface area (TPSA) is 60.9 Å². The zero-order chi connectivity index (χ0) is 30.6. The Kier molecular flexibility index (Phi) is 10.1. The number of pyridine rings is 1. The molecule has 2 saturated heterocycles. The number of hydrogen-bond donors (Lipinski definition) is 0. The fourth-order valence-corrected chi connectivity index (χ4v) is 6.42. The van der Waals surface area contributed by atoms with E-state index in [9.17, 15) is 18.0 Å². The van der Waals surface area contributed by atoms with Crippen LogP contribution in [0.2, 0.25) is 0 Å². The summed E-state index contributed by atoms with van der Waals surface area (Å²) in [5.74, 6) is -3.90. The molecule has 0 radical (unpaired) electrons. The van der Waals surface area contributed by atoms with Crippen LogP contribution in [0.1, 0.15) is 106 Å². The number of likely N-dealkylation sites (tertiary alicyclic amines) is 1. The summed E-state index contributed by atoms with van der Waals surface area (Å²) >= 11 is 0. The maximum atomic E-state index is 14.6. The number of aromatic nitrogens is 1. The molecule has 0 saturated carbocycles. The number of alkyl halides is 2. The second kappa shape index (κ2) is 13.7. The summed E-state index contributed by atoms with van der Waals surface area (Å²) in [6.45, 7) is 6.32. The molecule has 3 heterocycles. The van der Waals surface area contributed by atoms with Crippen LogP contribution in [0.3, 0.4) is 0 Å². The molecule has 0 spiro atoms. The summed E-state index contributed by atoms with van der Waals surface area (Å²) in [4.78, 5) is 20.5. The summed E-state index contributed by atoms with van der Waals surface area (Å²) in [7, 11) is 0. The van der Waals surface area contributed by atoms with Gasteiger partial charge >= 0.3 is 5.97 Å². The van der Waals surface area contributed by atoms with Crippen molar-refractivity contribution < 1.29 is 32.2 Å². The van der Waals surface area contributed by atoms with Crippen LogP contribution in [0.5, 0.6) is 0 Å². The molecule has 43 heavy (non-hydrogen) atoms. The van der Waals surface area contributed by atoms with Gasteiger partial charge in [0.15, 0.2) is 0 Å². The van der Waals surface area contributed by atoms with Crippen LogP contribution in [0.25, 0.3) is 0 Å². The van der Waals surface area contributed by atoms with Crippen molar-refractivity contribution in [2.24, 2.45) is 0 Å². The second-order valence-corrected chi connectivity index (χ2v) is 13.3. The zero-order valence-corrected chi connectivity index (χ0v) is 25.7. The molecule has 236 valence electrons. The smallest absolute Gasteiger partial charge is 0.328 e. The van der Waals surface area contributed by atoms with E-state index in [1.165, 1.54) is 36.2 Å². The van der Waals surface area contributed by atoms with E-state index in [2.05, 4.69) is 12.1 Å². The van der Waals surface area contributed by atoms with E-state index in [4.69, 9.17) is 19.2 Å². The van der Waals surface area contributed by atoms with Gasteiger partial charge in [-0.25, -0.2) is 18.0 Å². The maximum absolute atomic E-state index is 14.6. The lowest BCUT2D eigenvalue weighted by molar-refractivity contribution is -0.162. The highest BCUT2D eigenvalue weighted by atomic mass is 19.3. The van der Waals surface area contributed by atoms with Gasteiger partial charge < -0.3 is 14.2 Å². The normalized spacial score (nSPS) is 23.1. The fourth-order valence-electron chi connectivity index (χ4n) is 6.42. The molecular weight excluding hydrogens is 557 g/mol. The van der Waals surface area contributed by atoms with Gasteiger partial charge in [-0.1, -0.05) is 12.1 Å². The minimum absolute atomic E-state index is 0.0755. The molecule has 0 bridgehead atoms. The van der Waals surface area contributed by atoms with E-state index >= 15 is 0 Å². The Morgan fingerprint density at radius 3 is 2.72 bits per heavy atom. The predicted octanol–water partition coefficient (Wildman–Crippen LogP) is 7.08. The largest absolute Gasteiger partial charge is 0.459 e. The first-order valence-corrected chi connectivity index (χ1v) is 15.8. The number of rotatable bonds is 10. The number of hydrogen-bond acceptors (Lipinski definition) is 6. The quantitative estimate of drug-likeness (QED) is 0.214. The standard InChI is InChI=1S/C34H45F3N2O4/c1-33(2,3)43-32(40)31(28-20-24(35)12-14-27(28)30-15-17-34(36,37)22-42-30)39-18-16-26(21-39)41-19-7-6-9-25-13-11-23-8-4-5-10-29(23)38-25/h11-14,20,26,30-31H,4-10,15-19,21-22H2,1-3H3/t26-,30?,31?/m1/s1. The average molecular weight is 603 g/mol. The van der Waals surface area contributed by atoms with E-state index in [1.807, 2.05) is 4.90 Å². The minimum Gasteiger partial charge on any atom is -0.459 e. The van der Waals surface area contributed by atoms with E-state index < -0.39 is 42.1 Å². The van der Waals surface area contributed by atoms with Gasteiger partial charge in [0.25, 0.3) is 5.92 Å². The van der Waals surface area contributed by atoms with Crippen LogP contribution in [-0.4, -0.2) is 59.8 Å². The van der Waals surface area contributed by atoms with Crippen molar-refractivity contribution >= 4 is 5.97 Å². The third-order valence-electron chi connectivity index (χ3n) is 8.55. The van der Waals surface area contributed by atoms with E-state index in [0.29, 0.717) is 30.8 Å². The van der Waals surface area contributed by atoms with Crippen molar-refractivity contribution in [3.8, 4) is 0 Å². The van der Waals surface area contributed by atoms with Crippen molar-refractivity contribution in [1.29, 1.82) is 0 Å². The average Bonchev–Trinajstić information content (AvgIpc) is 3.40. The molecule has 1 aliphatic carbocycles. The van der Waals surface area contributed by atoms with Crippen LogP contribution in [0.4, 0.5) is 13.2 Å². The lowest BCUT2D eigenvalue weighted by Gasteiger charge is -2.34. The number of halogens is 3. The lowest BCUT2D eigenvalue weighted by Crippen LogP contribution is -2.39. The Bertz CT molecular complexity index is 1250. The highest BCUT2D eigenvalue weighted by Crippen LogP contribution is 2.40. The summed E-state index contributed by atoms with van der Waals surface area (Å²) in [6.07, 6.45) is 7.25. The molecule has 2 aliphatic heterocycles. The maximum Gasteiger partial charge on any atom is 0.328 e. The molecule has 5 rings (SSSR count). The van der Waals surface area contributed by atoms with Gasteiger partial charge in [0.2, 0.25) is 0 Å². The zero-order valence-electron chi connectivity index (χ0n) is 25.7. The van der Waals surface area contributed by atoms with Gasteiger partial charge in [0.05, 0.1) is 12.2 Å². The number of aryl methyl sites for hydroxylation is 3. The fraction of sp³-hybridized carbons (Fsp3) is 0.647. The highest BCUT2D eigenvalue weighted by Gasteiger charge is 2.41. The van der Waals surface area contributed by atoms with E-state index in [-0.39, 0.29) is 18.9 Å². The molecule has 3 atom stereocenters. The number of carbonyl (C=O) groups excluding carboxylic acids is 1. The van der Waals surface area contributed by atoms with Gasteiger partial charge in [-0.05, 0) is 113 Å². The third kappa shape index (κ3) is 8.58. The van der Waals surface area contributed by atoms with Crippen LogP contribution < -0.4 is 0 Å². The third-order valence-corrected chi connectivity index (χ3v) is 8.55. The number of nitrogens with zero attached hydrogens (tertiary/aromatic N) is 2. The van der Waals surface area contributed by atoms with Crippen LogP contribution in [-0.2, 0) is 38.3 Å². The molecular formula is C34H45F3N2O4. The molecule has 1 aromatic heterocycles. The Morgan fingerprint density at radius 2 is 1.95 bits per heavy atom. The number of unbranched alkanes of at least 4 members (excludes halogenated alkanes) is 1. The first-order chi connectivity index (χ1) is 20.5. The summed E-state index contributed by atoms with van der Waals surface area (Å²) in [5.41, 5.74) is 4.00. The Balaban J connectivity index is 1.21. The number of carbonyl (C=O) groups is 1. The van der Waals surface area contributed by atoms with Gasteiger partial charge in [-0.2, -0.15) is 0 Å². The van der Waals surface area contributed by atoms with Crippen molar-refractivity contribution in [2.45, 2.75) is 115 Å². The summed E-state index contributed by atoms with van der Waals surface area (Å²) in [5, 5.41) is 0. The van der Waals surface area contributed by atoms with Crippen molar-refractivity contribution in [2.75, 3.05) is 26.3 Å². The number of benzene rings is 1. The van der Waals surface area contributed by atoms with Crippen molar-refractivity contribution in [3.63, 3.8) is 0 Å². The Hall–Kier alpha value is -2.49. The van der Waals surface area contributed by atoms with Crippen LogP contribution in [0, 0.1) is 5.82 Å². The minimum atomic E-state index is -2.89. The first-order valence-electron chi connectivity index (χ1n) is 15.8. The van der Waals surface area contributed by atoms with Crippen molar-refractivity contribution in [1.82, 2.24) is 9.88 Å². The predicted molar refractivity (Wildman–Crippen MR) is 158 cm³/mol. The molecule has 6 nitrogen and oxygen atoms in total. The van der Waals surface area contributed by atoms with Gasteiger partial charge in [-0.15, -0.1) is 0 Å². The number of fused-ring (bicyclic) bond motifs is 1. The second-order valence-electron chi connectivity index (χ2n) is 13.3. The lowest BCUT2D eigenvalue weighted by atomic mass is 9.91. The first kappa shape index (κ1) is 31.9. The van der Waals surface area contributed by atoms with Crippen molar-refractivity contribution in [3.05, 3.63) is 64.2 Å². The van der Waals surface area contributed by atoms with Gasteiger partial charge in [0.1, 0.15) is 24.1 Å². The number of ether oxygens (including phenoxy) is 3. The molecule has 3 aliphatic rings. The van der Waals surface area contributed by atoms with E-state index in [0.717, 1.165) is 44.2 Å². The SMILES string of the molecule is CC(C)(C)OC(=O)C(c1cc(F)ccc1C1CCC(F)(F)CO1)N1CC[C@@H](OCCCCc2ccc3c(n2)CCCC3)C1. The molecule has 2 aromatic rings. The van der Waals surface area contributed by atoms with E-state index in [1.54, 1.807) is 26.8 Å².